The molecule has 0 aliphatic carbocycles. The van der Waals surface area contributed by atoms with E-state index in [1.54, 1.807) is 48.5 Å². The van der Waals surface area contributed by atoms with Crippen LogP contribution in [0.25, 0.3) is 0 Å². The minimum atomic E-state index is -3.93. The minimum Gasteiger partial charge on any atom is -0.373 e. The maximum Gasteiger partial charge on any atom is 0.382 e. The molecule has 0 aliphatic heterocycles. The fourth-order valence-corrected chi connectivity index (χ4v) is 2.31. The second-order valence-corrected chi connectivity index (χ2v) is 6.28. The van der Waals surface area contributed by atoms with Crippen LogP contribution in [-0.2, 0) is 10.1 Å². The molecule has 0 heterocycles. The molecule has 5 heteroatoms. The van der Waals surface area contributed by atoms with Gasteiger partial charge in [-0.05, 0) is 49.2 Å². The average molecular weight is 351 g/mol. The van der Waals surface area contributed by atoms with Gasteiger partial charge in [-0.2, -0.15) is 8.42 Å². The third-order valence-corrected chi connectivity index (χ3v) is 3.68. The predicted molar refractivity (Wildman–Crippen MR) is 81.7 cm³/mol. The molecule has 0 atom stereocenters. The van der Waals surface area contributed by atoms with E-state index in [0.717, 1.165) is 10.0 Å². The SMILES string of the molecule is Cc1ccc(OS(=O)(=O)C#Cc2ccc(Br)cc2)cc1. The van der Waals surface area contributed by atoms with Crippen LogP contribution in [0, 0.1) is 18.1 Å². The van der Waals surface area contributed by atoms with Gasteiger partial charge in [-0.1, -0.05) is 33.6 Å². The molecule has 0 aliphatic rings. The van der Waals surface area contributed by atoms with Crippen molar-refractivity contribution in [2.24, 2.45) is 0 Å². The Morgan fingerprint density at radius 1 is 1.00 bits per heavy atom. The topological polar surface area (TPSA) is 43.4 Å². The van der Waals surface area contributed by atoms with Crippen LogP contribution in [0.4, 0.5) is 0 Å². The Kier molecular flexibility index (Phi) is 4.48. The highest BCUT2D eigenvalue weighted by atomic mass is 79.9. The summed E-state index contributed by atoms with van der Waals surface area (Å²) in [6, 6.07) is 13.7. The fourth-order valence-electron chi connectivity index (χ4n) is 1.40. The molecular weight excluding hydrogens is 340 g/mol. The monoisotopic (exact) mass is 350 g/mol. The van der Waals surface area contributed by atoms with Gasteiger partial charge in [0.25, 0.3) is 0 Å². The van der Waals surface area contributed by atoms with Crippen molar-refractivity contribution in [3.05, 3.63) is 64.1 Å². The Bertz CT molecular complexity index is 752. The number of halogens is 1. The van der Waals surface area contributed by atoms with Crippen LogP contribution in [-0.4, -0.2) is 8.42 Å². The lowest BCUT2D eigenvalue weighted by molar-refractivity contribution is 0.498. The van der Waals surface area contributed by atoms with Crippen molar-refractivity contribution in [1.29, 1.82) is 0 Å². The smallest absolute Gasteiger partial charge is 0.373 e. The first-order valence-electron chi connectivity index (χ1n) is 5.74. The fraction of sp³-hybridized carbons (Fsp3) is 0.0667. The van der Waals surface area contributed by atoms with Gasteiger partial charge in [-0.25, -0.2) is 0 Å². The standard InChI is InChI=1S/C15H11BrO3S/c1-12-2-8-15(9-3-12)19-20(17,18)11-10-13-4-6-14(16)7-5-13/h2-9H,1H3. The molecule has 0 N–H and O–H groups in total. The summed E-state index contributed by atoms with van der Waals surface area (Å²) in [6.45, 7) is 1.91. The molecule has 0 radical (unpaired) electrons. The summed E-state index contributed by atoms with van der Waals surface area (Å²) in [4.78, 5) is 0. The van der Waals surface area contributed by atoms with Gasteiger partial charge in [0.05, 0.1) is 5.25 Å². The predicted octanol–water partition coefficient (Wildman–Crippen LogP) is 3.48. The maximum absolute atomic E-state index is 11.7. The van der Waals surface area contributed by atoms with Gasteiger partial charge in [-0.3, -0.25) is 0 Å². The van der Waals surface area contributed by atoms with Crippen molar-refractivity contribution in [3.8, 4) is 16.9 Å². The van der Waals surface area contributed by atoms with E-state index in [0.29, 0.717) is 5.56 Å². The molecule has 102 valence electrons. The van der Waals surface area contributed by atoms with Crippen molar-refractivity contribution < 1.29 is 12.6 Å². The lowest BCUT2D eigenvalue weighted by atomic mass is 10.2. The molecule has 0 amide bonds. The van der Waals surface area contributed by atoms with E-state index in [-0.39, 0.29) is 5.75 Å². The van der Waals surface area contributed by atoms with Crippen molar-refractivity contribution in [1.82, 2.24) is 0 Å². The number of benzene rings is 2. The maximum atomic E-state index is 11.7. The zero-order valence-corrected chi connectivity index (χ0v) is 13.0. The summed E-state index contributed by atoms with van der Waals surface area (Å²) in [6.07, 6.45) is 0. The summed E-state index contributed by atoms with van der Waals surface area (Å²) in [5.74, 6) is 2.81. The zero-order chi connectivity index (χ0) is 14.6. The van der Waals surface area contributed by atoms with Crippen molar-refractivity contribution in [2.45, 2.75) is 6.92 Å². The number of hydrogen-bond donors (Lipinski definition) is 0. The number of hydrogen-bond acceptors (Lipinski definition) is 3. The first-order chi connectivity index (χ1) is 9.44. The third kappa shape index (κ3) is 4.41. The second kappa shape index (κ2) is 6.12. The van der Waals surface area contributed by atoms with Crippen molar-refractivity contribution in [3.63, 3.8) is 0 Å². The van der Waals surface area contributed by atoms with Crippen molar-refractivity contribution >= 4 is 26.0 Å². The van der Waals surface area contributed by atoms with Crippen LogP contribution in [0.1, 0.15) is 11.1 Å². The van der Waals surface area contributed by atoms with Crippen LogP contribution < -0.4 is 4.18 Å². The van der Waals surface area contributed by atoms with Gasteiger partial charge in [0.2, 0.25) is 0 Å². The summed E-state index contributed by atoms with van der Waals surface area (Å²) in [5, 5.41) is 2.14. The van der Waals surface area contributed by atoms with Gasteiger partial charge in [-0.15, -0.1) is 0 Å². The van der Waals surface area contributed by atoms with Crippen molar-refractivity contribution in [2.75, 3.05) is 0 Å². The summed E-state index contributed by atoms with van der Waals surface area (Å²) < 4.78 is 29.2. The van der Waals surface area contributed by atoms with Gasteiger partial charge >= 0.3 is 10.1 Å². The Balaban J connectivity index is 2.16. The van der Waals surface area contributed by atoms with E-state index in [2.05, 4.69) is 27.1 Å². The second-order valence-electron chi connectivity index (χ2n) is 4.08. The Labute approximate surface area is 126 Å². The number of rotatable bonds is 2. The first kappa shape index (κ1) is 14.6. The molecule has 20 heavy (non-hydrogen) atoms. The molecule has 0 aromatic heterocycles. The molecule has 2 aromatic rings. The quantitative estimate of drug-likeness (QED) is 0.615. The molecule has 0 fully saturated rings. The van der Waals surface area contributed by atoms with Gasteiger partial charge in [0.15, 0.2) is 0 Å². The van der Waals surface area contributed by atoms with Crippen LogP contribution in [0.5, 0.6) is 5.75 Å². The molecule has 2 rings (SSSR count). The molecule has 3 nitrogen and oxygen atoms in total. The summed E-state index contributed by atoms with van der Waals surface area (Å²) in [5.41, 5.74) is 1.62. The molecule has 0 saturated carbocycles. The molecule has 0 saturated heterocycles. The molecule has 2 aromatic carbocycles. The Morgan fingerprint density at radius 2 is 1.60 bits per heavy atom. The van der Waals surface area contributed by atoms with E-state index in [1.807, 2.05) is 6.92 Å². The highest BCUT2D eigenvalue weighted by Gasteiger charge is 2.08. The van der Waals surface area contributed by atoms with Crippen LogP contribution in [0.2, 0.25) is 0 Å². The van der Waals surface area contributed by atoms with Crippen LogP contribution in [0.15, 0.2) is 53.0 Å². The first-order valence-corrected chi connectivity index (χ1v) is 7.94. The average Bonchev–Trinajstić information content (AvgIpc) is 2.41. The minimum absolute atomic E-state index is 0.251. The summed E-state index contributed by atoms with van der Waals surface area (Å²) >= 11 is 3.29. The van der Waals surface area contributed by atoms with E-state index in [1.165, 1.54) is 0 Å². The van der Waals surface area contributed by atoms with Crippen LogP contribution >= 0.6 is 15.9 Å². The summed E-state index contributed by atoms with van der Waals surface area (Å²) in [7, 11) is -3.93. The van der Waals surface area contributed by atoms with Gasteiger partial charge in [0.1, 0.15) is 5.75 Å². The van der Waals surface area contributed by atoms with Crippen LogP contribution in [0.3, 0.4) is 0 Å². The van der Waals surface area contributed by atoms with Gasteiger partial charge < -0.3 is 4.18 Å². The molecule has 0 bridgehead atoms. The normalized spacial score (nSPS) is 10.5. The highest BCUT2D eigenvalue weighted by Crippen LogP contribution is 2.14. The lowest BCUT2D eigenvalue weighted by Crippen LogP contribution is -2.05. The molecular formula is C15H11BrO3S. The van der Waals surface area contributed by atoms with E-state index < -0.39 is 10.1 Å². The Morgan fingerprint density at radius 3 is 2.20 bits per heavy atom. The van der Waals surface area contributed by atoms with E-state index >= 15 is 0 Å². The zero-order valence-electron chi connectivity index (χ0n) is 10.6. The van der Waals surface area contributed by atoms with E-state index in [4.69, 9.17) is 4.18 Å². The number of aryl methyl sites for hydroxylation is 1. The van der Waals surface area contributed by atoms with Gasteiger partial charge in [0, 0.05) is 10.0 Å². The highest BCUT2D eigenvalue weighted by molar-refractivity contribution is 9.10. The molecule has 0 unspecified atom stereocenters. The largest absolute Gasteiger partial charge is 0.382 e. The Hall–Kier alpha value is -1.77. The third-order valence-electron chi connectivity index (χ3n) is 2.39. The lowest BCUT2D eigenvalue weighted by Gasteiger charge is -2.01. The molecule has 0 spiro atoms. The van der Waals surface area contributed by atoms with E-state index in [9.17, 15) is 8.42 Å².